The molecule has 4 rings (SSSR count). The number of benzene rings is 3. The molecule has 3 aromatic carbocycles. The number of anilines is 2. The number of amides is 2. The third kappa shape index (κ3) is 5.81. The van der Waals surface area contributed by atoms with Crippen LogP contribution in [0.25, 0.3) is 6.08 Å². The van der Waals surface area contributed by atoms with Crippen molar-refractivity contribution in [3.63, 3.8) is 0 Å². The summed E-state index contributed by atoms with van der Waals surface area (Å²) < 4.78 is 6.23. The van der Waals surface area contributed by atoms with Crippen LogP contribution in [0.3, 0.4) is 0 Å². The lowest BCUT2D eigenvalue weighted by Gasteiger charge is -2.14. The monoisotopic (exact) mass is 502 g/mol. The second-order valence-electron chi connectivity index (χ2n) is 8.54. The van der Waals surface area contributed by atoms with Crippen LogP contribution in [0.5, 0.6) is 5.75 Å². The molecule has 1 fully saturated rings. The van der Waals surface area contributed by atoms with Crippen LogP contribution in [-0.4, -0.2) is 22.7 Å². The molecule has 1 saturated heterocycles. The van der Waals surface area contributed by atoms with Crippen LogP contribution in [-0.2, 0) is 9.59 Å². The molecule has 0 unspecified atom stereocenters. The van der Waals surface area contributed by atoms with Crippen molar-refractivity contribution in [2.75, 3.05) is 16.8 Å². The molecule has 3 aromatic rings. The zero-order valence-corrected chi connectivity index (χ0v) is 21.7. The Balaban J connectivity index is 1.43. The molecular formula is C28H26N2O3S2. The van der Waals surface area contributed by atoms with E-state index >= 15 is 0 Å². The average molecular weight is 503 g/mol. The summed E-state index contributed by atoms with van der Waals surface area (Å²) in [6, 6.07) is 19.1. The molecular weight excluding hydrogens is 476 g/mol. The van der Waals surface area contributed by atoms with E-state index in [-0.39, 0.29) is 18.4 Å². The topological polar surface area (TPSA) is 58.6 Å². The van der Waals surface area contributed by atoms with E-state index in [2.05, 4.69) is 5.32 Å². The summed E-state index contributed by atoms with van der Waals surface area (Å²) in [5.41, 5.74) is 6.66. The molecule has 0 aromatic heterocycles. The Hall–Kier alpha value is -3.42. The van der Waals surface area contributed by atoms with Gasteiger partial charge in [-0.1, -0.05) is 71.5 Å². The van der Waals surface area contributed by atoms with Gasteiger partial charge in [0.1, 0.15) is 5.75 Å². The van der Waals surface area contributed by atoms with Crippen LogP contribution in [0.1, 0.15) is 27.8 Å². The molecule has 1 aliphatic heterocycles. The van der Waals surface area contributed by atoms with Crippen molar-refractivity contribution in [3.05, 3.63) is 93.4 Å². The highest BCUT2D eigenvalue weighted by Crippen LogP contribution is 2.36. The minimum absolute atomic E-state index is 0.119. The van der Waals surface area contributed by atoms with Crippen LogP contribution in [0.15, 0.2) is 65.6 Å². The van der Waals surface area contributed by atoms with Gasteiger partial charge >= 0.3 is 0 Å². The molecule has 0 aliphatic carbocycles. The fourth-order valence-corrected chi connectivity index (χ4v) is 5.23. The van der Waals surface area contributed by atoms with E-state index in [1.807, 2.05) is 76.2 Å². The van der Waals surface area contributed by atoms with Gasteiger partial charge in [0.25, 0.3) is 11.8 Å². The summed E-state index contributed by atoms with van der Waals surface area (Å²) in [4.78, 5) is 27.6. The minimum atomic E-state index is -0.232. The Bertz CT molecular complexity index is 1320. The Kier molecular flexibility index (Phi) is 7.38. The molecule has 0 saturated carbocycles. The summed E-state index contributed by atoms with van der Waals surface area (Å²) in [6.07, 6.45) is 1.79. The lowest BCUT2D eigenvalue weighted by Crippen LogP contribution is -2.27. The highest BCUT2D eigenvalue weighted by molar-refractivity contribution is 8.27. The number of ether oxygens (including phenoxy) is 1. The maximum atomic E-state index is 13.0. The number of thiocarbonyl (C=S) groups is 1. The van der Waals surface area contributed by atoms with E-state index in [4.69, 9.17) is 17.0 Å². The smallest absolute Gasteiger partial charge is 0.270 e. The van der Waals surface area contributed by atoms with Crippen molar-refractivity contribution >= 4 is 57.6 Å². The fraction of sp³-hybridized carbons (Fsp3) is 0.179. The predicted octanol–water partition coefficient (Wildman–Crippen LogP) is 6.34. The molecule has 0 atom stereocenters. The summed E-state index contributed by atoms with van der Waals surface area (Å²) in [7, 11) is 0. The maximum Gasteiger partial charge on any atom is 0.270 e. The molecule has 178 valence electrons. The average Bonchev–Trinajstić information content (AvgIpc) is 3.08. The van der Waals surface area contributed by atoms with E-state index in [1.165, 1.54) is 11.8 Å². The van der Waals surface area contributed by atoms with Gasteiger partial charge in [0.15, 0.2) is 10.9 Å². The van der Waals surface area contributed by atoms with Gasteiger partial charge in [0.05, 0.1) is 10.6 Å². The molecule has 2 amide bonds. The Labute approximate surface area is 215 Å². The third-order valence-corrected chi connectivity index (χ3v) is 6.86. The van der Waals surface area contributed by atoms with Crippen LogP contribution in [0, 0.1) is 27.7 Å². The molecule has 35 heavy (non-hydrogen) atoms. The summed E-state index contributed by atoms with van der Waals surface area (Å²) in [6.45, 7) is 7.86. The van der Waals surface area contributed by atoms with Gasteiger partial charge in [-0.25, -0.2) is 0 Å². The van der Waals surface area contributed by atoms with Gasteiger partial charge < -0.3 is 10.1 Å². The second-order valence-corrected chi connectivity index (χ2v) is 10.2. The van der Waals surface area contributed by atoms with Gasteiger partial charge in [0, 0.05) is 5.69 Å². The molecule has 5 nitrogen and oxygen atoms in total. The second kappa shape index (κ2) is 10.5. The molecule has 1 N–H and O–H groups in total. The van der Waals surface area contributed by atoms with Gasteiger partial charge in [-0.2, -0.15) is 0 Å². The maximum absolute atomic E-state index is 13.0. The van der Waals surface area contributed by atoms with Gasteiger partial charge in [-0.3, -0.25) is 14.5 Å². The third-order valence-electron chi connectivity index (χ3n) is 5.55. The highest BCUT2D eigenvalue weighted by atomic mass is 32.2. The lowest BCUT2D eigenvalue weighted by molar-refractivity contribution is -0.118. The number of rotatable bonds is 6. The number of hydrogen-bond donors (Lipinski definition) is 1. The van der Waals surface area contributed by atoms with E-state index in [0.29, 0.717) is 15.0 Å². The minimum Gasteiger partial charge on any atom is -0.484 e. The standard InChI is InChI=1S/C28H26N2O3S2/c1-17-8-10-22(11-9-17)30-27(32)24(35-28(30)34)15-21-6-5-7-23(14-21)33-16-25(31)29-26-19(3)12-18(2)13-20(26)4/h5-15H,16H2,1-4H3,(H,29,31)/b24-15-. The fourth-order valence-electron chi connectivity index (χ4n) is 3.93. The van der Waals surface area contributed by atoms with Crippen LogP contribution < -0.4 is 15.0 Å². The summed E-state index contributed by atoms with van der Waals surface area (Å²) >= 11 is 6.73. The van der Waals surface area contributed by atoms with Crippen molar-refractivity contribution < 1.29 is 14.3 Å². The van der Waals surface area contributed by atoms with Gasteiger partial charge in [-0.05, 0) is 74.7 Å². The lowest BCUT2D eigenvalue weighted by atomic mass is 10.1. The first-order valence-corrected chi connectivity index (χ1v) is 12.4. The number of thioether (sulfide) groups is 1. The van der Waals surface area contributed by atoms with E-state index in [0.717, 1.165) is 39.2 Å². The van der Waals surface area contributed by atoms with E-state index in [1.54, 1.807) is 23.1 Å². The summed E-state index contributed by atoms with van der Waals surface area (Å²) in [5, 5.41) is 2.94. The number of nitrogens with one attached hydrogen (secondary N) is 1. The first-order chi connectivity index (χ1) is 16.7. The Morgan fingerprint density at radius 3 is 2.37 bits per heavy atom. The van der Waals surface area contributed by atoms with Crippen LogP contribution >= 0.6 is 24.0 Å². The predicted molar refractivity (Wildman–Crippen MR) is 148 cm³/mol. The molecule has 1 heterocycles. The first-order valence-electron chi connectivity index (χ1n) is 11.2. The zero-order valence-electron chi connectivity index (χ0n) is 20.0. The molecule has 0 spiro atoms. The largest absolute Gasteiger partial charge is 0.484 e. The van der Waals surface area contributed by atoms with E-state index < -0.39 is 0 Å². The van der Waals surface area contributed by atoms with Gasteiger partial charge in [-0.15, -0.1) is 0 Å². The summed E-state index contributed by atoms with van der Waals surface area (Å²) in [5.74, 6) is 0.156. The first kappa shape index (κ1) is 24.7. The molecule has 1 aliphatic rings. The highest BCUT2D eigenvalue weighted by Gasteiger charge is 2.33. The number of carbonyl (C=O) groups excluding carboxylic acids is 2. The number of hydrogen-bond acceptors (Lipinski definition) is 5. The van der Waals surface area contributed by atoms with E-state index in [9.17, 15) is 9.59 Å². The van der Waals surface area contributed by atoms with Crippen molar-refractivity contribution in [1.82, 2.24) is 0 Å². The number of aryl methyl sites for hydroxylation is 4. The van der Waals surface area contributed by atoms with Crippen molar-refractivity contribution in [1.29, 1.82) is 0 Å². The quantitative estimate of drug-likeness (QED) is 0.315. The normalized spacial score (nSPS) is 14.5. The Morgan fingerprint density at radius 2 is 1.69 bits per heavy atom. The Morgan fingerprint density at radius 1 is 1.00 bits per heavy atom. The molecule has 0 bridgehead atoms. The number of nitrogens with zero attached hydrogens (tertiary/aromatic N) is 1. The zero-order chi connectivity index (χ0) is 25.1. The van der Waals surface area contributed by atoms with Gasteiger partial charge in [0.2, 0.25) is 0 Å². The SMILES string of the molecule is Cc1ccc(N2C(=O)/C(=C/c3cccc(OCC(=O)Nc4c(C)cc(C)cc4C)c3)SC2=S)cc1. The molecule has 7 heteroatoms. The van der Waals surface area contributed by atoms with Crippen LogP contribution in [0.4, 0.5) is 11.4 Å². The molecule has 0 radical (unpaired) electrons. The number of carbonyl (C=O) groups is 2. The van der Waals surface area contributed by atoms with Crippen LogP contribution in [0.2, 0.25) is 0 Å². The van der Waals surface area contributed by atoms with Crippen molar-refractivity contribution in [2.45, 2.75) is 27.7 Å². The van der Waals surface area contributed by atoms with Crippen molar-refractivity contribution in [2.24, 2.45) is 0 Å². The van der Waals surface area contributed by atoms with Crippen molar-refractivity contribution in [3.8, 4) is 5.75 Å².